The fourth-order valence-electron chi connectivity index (χ4n) is 1.17. The summed E-state index contributed by atoms with van der Waals surface area (Å²) in [6.07, 6.45) is 0.157. The van der Waals surface area contributed by atoms with Crippen LogP contribution in [0.25, 0.3) is 0 Å². The molecule has 1 heterocycles. The van der Waals surface area contributed by atoms with Crippen molar-refractivity contribution in [1.82, 2.24) is 9.97 Å². The van der Waals surface area contributed by atoms with Crippen LogP contribution in [0.1, 0.15) is 5.56 Å². The van der Waals surface area contributed by atoms with Gasteiger partial charge >= 0.3 is 0 Å². The van der Waals surface area contributed by atoms with Gasteiger partial charge < -0.3 is 21.5 Å². The van der Waals surface area contributed by atoms with Crippen LogP contribution in [0.15, 0.2) is 6.33 Å². The van der Waals surface area contributed by atoms with Crippen LogP contribution in [0.2, 0.25) is 0 Å². The summed E-state index contributed by atoms with van der Waals surface area (Å²) in [7, 11) is 1.75. The molecule has 1 aromatic rings. The molecule has 1 atom stereocenters. The summed E-state index contributed by atoms with van der Waals surface area (Å²) < 4.78 is 0. The SMILES string of the molecule is CNc1ncnc(NCC(O)C(N)=O)c1C. The maximum Gasteiger partial charge on any atom is 0.248 e. The van der Waals surface area contributed by atoms with Crippen LogP contribution in [0.3, 0.4) is 0 Å². The summed E-state index contributed by atoms with van der Waals surface area (Å²) in [6.45, 7) is 1.85. The Hall–Kier alpha value is -1.89. The first-order valence-corrected chi connectivity index (χ1v) is 4.77. The van der Waals surface area contributed by atoms with Gasteiger partial charge in [-0.2, -0.15) is 0 Å². The third-order valence-electron chi connectivity index (χ3n) is 2.11. The molecule has 1 aromatic heterocycles. The number of hydrogen-bond acceptors (Lipinski definition) is 6. The minimum atomic E-state index is -1.23. The van der Waals surface area contributed by atoms with Crippen LogP contribution >= 0.6 is 0 Å². The fourth-order valence-corrected chi connectivity index (χ4v) is 1.17. The second kappa shape index (κ2) is 5.26. The molecule has 0 fully saturated rings. The largest absolute Gasteiger partial charge is 0.381 e. The van der Waals surface area contributed by atoms with Crippen molar-refractivity contribution >= 4 is 17.5 Å². The van der Waals surface area contributed by atoms with Crippen LogP contribution in [-0.4, -0.2) is 40.7 Å². The zero-order valence-corrected chi connectivity index (χ0v) is 9.19. The van der Waals surface area contributed by atoms with Crippen LogP contribution in [0.5, 0.6) is 0 Å². The normalized spacial score (nSPS) is 11.9. The second-order valence-electron chi connectivity index (χ2n) is 3.24. The van der Waals surface area contributed by atoms with E-state index in [9.17, 15) is 9.90 Å². The molecular weight excluding hydrogens is 210 g/mol. The summed E-state index contributed by atoms with van der Waals surface area (Å²) in [6, 6.07) is 0. The smallest absolute Gasteiger partial charge is 0.248 e. The number of aromatic nitrogens is 2. The standard InChI is InChI=1S/C9H15N5O2/c1-5-8(11-2)13-4-14-9(5)12-3-6(15)7(10)16/h4,6,15H,3H2,1-2H3,(H2,10,16)(H2,11,12,13,14). The van der Waals surface area contributed by atoms with Gasteiger partial charge in [0.2, 0.25) is 5.91 Å². The van der Waals surface area contributed by atoms with Crippen molar-refractivity contribution in [2.75, 3.05) is 24.2 Å². The third kappa shape index (κ3) is 2.80. The Morgan fingerprint density at radius 2 is 2.19 bits per heavy atom. The number of carbonyl (C=O) groups is 1. The third-order valence-corrected chi connectivity index (χ3v) is 2.11. The van der Waals surface area contributed by atoms with E-state index in [1.54, 1.807) is 7.05 Å². The molecule has 0 saturated carbocycles. The highest BCUT2D eigenvalue weighted by molar-refractivity contribution is 5.79. The van der Waals surface area contributed by atoms with Gasteiger partial charge in [0.1, 0.15) is 24.1 Å². The molecule has 0 saturated heterocycles. The predicted octanol–water partition coefficient (Wildman–Crippen LogP) is -0.915. The molecule has 0 aliphatic carbocycles. The van der Waals surface area contributed by atoms with E-state index in [0.717, 1.165) is 5.56 Å². The van der Waals surface area contributed by atoms with Crippen LogP contribution < -0.4 is 16.4 Å². The van der Waals surface area contributed by atoms with E-state index in [0.29, 0.717) is 11.6 Å². The van der Waals surface area contributed by atoms with Crippen molar-refractivity contribution in [3.63, 3.8) is 0 Å². The first kappa shape index (κ1) is 12.2. The maximum atomic E-state index is 10.6. The van der Waals surface area contributed by atoms with Gasteiger partial charge in [-0.05, 0) is 6.92 Å². The number of nitrogens with zero attached hydrogens (tertiary/aromatic N) is 2. The lowest BCUT2D eigenvalue weighted by molar-refractivity contribution is -0.125. The van der Waals surface area contributed by atoms with Gasteiger partial charge in [-0.15, -0.1) is 0 Å². The second-order valence-corrected chi connectivity index (χ2v) is 3.24. The van der Waals surface area contributed by atoms with Crippen molar-refractivity contribution in [2.45, 2.75) is 13.0 Å². The lowest BCUT2D eigenvalue weighted by Gasteiger charge is -2.12. The van der Waals surface area contributed by atoms with E-state index in [4.69, 9.17) is 5.73 Å². The molecule has 0 bridgehead atoms. The number of rotatable bonds is 5. The number of amides is 1. The monoisotopic (exact) mass is 225 g/mol. The Bertz CT molecular complexity index is 382. The number of hydrogen-bond donors (Lipinski definition) is 4. The highest BCUT2D eigenvalue weighted by Gasteiger charge is 2.12. The summed E-state index contributed by atoms with van der Waals surface area (Å²) >= 11 is 0. The summed E-state index contributed by atoms with van der Waals surface area (Å²) in [5, 5.41) is 14.9. The van der Waals surface area contributed by atoms with Crippen LogP contribution in [-0.2, 0) is 4.79 Å². The number of aliphatic hydroxyl groups excluding tert-OH is 1. The van der Waals surface area contributed by atoms with E-state index in [-0.39, 0.29) is 6.54 Å². The molecule has 0 radical (unpaired) electrons. The van der Waals surface area contributed by atoms with Gasteiger partial charge in [-0.25, -0.2) is 9.97 Å². The predicted molar refractivity (Wildman–Crippen MR) is 60.0 cm³/mol. The number of primary amides is 1. The van der Waals surface area contributed by atoms with Gasteiger partial charge in [0.25, 0.3) is 0 Å². The molecule has 0 aromatic carbocycles. The minimum Gasteiger partial charge on any atom is -0.381 e. The first-order valence-electron chi connectivity index (χ1n) is 4.77. The Morgan fingerprint density at radius 1 is 1.56 bits per heavy atom. The number of aliphatic hydroxyl groups is 1. The van der Waals surface area contributed by atoms with Crippen molar-refractivity contribution in [2.24, 2.45) is 5.73 Å². The highest BCUT2D eigenvalue weighted by atomic mass is 16.3. The summed E-state index contributed by atoms with van der Waals surface area (Å²) in [4.78, 5) is 18.6. The average Bonchev–Trinajstić information content (AvgIpc) is 2.27. The Balaban J connectivity index is 2.71. The summed E-state index contributed by atoms with van der Waals surface area (Å²) in [5.74, 6) is 0.471. The van der Waals surface area contributed by atoms with Crippen molar-refractivity contribution in [3.05, 3.63) is 11.9 Å². The Morgan fingerprint density at radius 3 is 2.75 bits per heavy atom. The number of nitrogens with two attached hydrogens (primary N) is 1. The molecule has 0 spiro atoms. The zero-order chi connectivity index (χ0) is 12.1. The molecule has 7 nitrogen and oxygen atoms in total. The molecule has 1 amide bonds. The van der Waals surface area contributed by atoms with E-state index in [1.807, 2.05) is 6.92 Å². The number of carbonyl (C=O) groups excluding carboxylic acids is 1. The van der Waals surface area contributed by atoms with E-state index < -0.39 is 12.0 Å². The first-order chi connectivity index (χ1) is 7.56. The van der Waals surface area contributed by atoms with E-state index in [2.05, 4.69) is 20.6 Å². The minimum absolute atomic E-state index is 0.0241. The van der Waals surface area contributed by atoms with Gasteiger partial charge in [-0.3, -0.25) is 4.79 Å². The molecule has 88 valence electrons. The summed E-state index contributed by atoms with van der Waals surface area (Å²) in [5.41, 5.74) is 5.73. The van der Waals surface area contributed by atoms with Gasteiger partial charge in [-0.1, -0.05) is 0 Å². The molecule has 1 rings (SSSR count). The lowest BCUT2D eigenvalue weighted by Crippen LogP contribution is -2.34. The van der Waals surface area contributed by atoms with Gasteiger partial charge in [0, 0.05) is 12.6 Å². The molecule has 16 heavy (non-hydrogen) atoms. The molecular formula is C9H15N5O2. The zero-order valence-electron chi connectivity index (χ0n) is 9.19. The van der Waals surface area contributed by atoms with Crippen LogP contribution in [0, 0.1) is 6.92 Å². The topological polar surface area (TPSA) is 113 Å². The van der Waals surface area contributed by atoms with Crippen molar-refractivity contribution in [3.8, 4) is 0 Å². The van der Waals surface area contributed by atoms with Crippen LogP contribution in [0.4, 0.5) is 11.6 Å². The van der Waals surface area contributed by atoms with Gasteiger partial charge in [0.05, 0.1) is 6.54 Å². The Labute approximate surface area is 93.1 Å². The van der Waals surface area contributed by atoms with E-state index >= 15 is 0 Å². The highest BCUT2D eigenvalue weighted by Crippen LogP contribution is 2.16. The number of nitrogens with one attached hydrogen (secondary N) is 2. The lowest BCUT2D eigenvalue weighted by atomic mass is 10.3. The van der Waals surface area contributed by atoms with Crippen molar-refractivity contribution in [1.29, 1.82) is 0 Å². The Kier molecular flexibility index (Phi) is 4.01. The number of anilines is 2. The molecule has 0 aliphatic rings. The molecule has 7 heteroatoms. The molecule has 5 N–H and O–H groups in total. The van der Waals surface area contributed by atoms with E-state index in [1.165, 1.54) is 6.33 Å². The van der Waals surface area contributed by atoms with Gasteiger partial charge in [0.15, 0.2) is 0 Å². The van der Waals surface area contributed by atoms with Crippen molar-refractivity contribution < 1.29 is 9.90 Å². The maximum absolute atomic E-state index is 10.6. The quantitative estimate of drug-likeness (QED) is 0.515. The molecule has 1 unspecified atom stereocenters. The molecule has 0 aliphatic heterocycles. The fraction of sp³-hybridized carbons (Fsp3) is 0.444. The average molecular weight is 225 g/mol.